The standard InChI is InChI=1S/C7H11N3/c1-6(2)4-10-5-8-7(3)9-10/h4-5H,1-3H3. The van der Waals surface area contributed by atoms with Crippen molar-refractivity contribution >= 4 is 6.20 Å². The monoisotopic (exact) mass is 137 g/mol. The Labute approximate surface area is 60.4 Å². The highest BCUT2D eigenvalue weighted by atomic mass is 15.3. The SMILES string of the molecule is CC(C)=Cn1cnc(C)n1. The summed E-state index contributed by atoms with van der Waals surface area (Å²) in [6, 6.07) is 0. The van der Waals surface area contributed by atoms with Crippen molar-refractivity contribution in [3.05, 3.63) is 17.7 Å². The maximum absolute atomic E-state index is 4.08. The van der Waals surface area contributed by atoms with E-state index in [-0.39, 0.29) is 0 Å². The predicted molar refractivity (Wildman–Crippen MR) is 40.4 cm³/mol. The van der Waals surface area contributed by atoms with E-state index >= 15 is 0 Å². The maximum Gasteiger partial charge on any atom is 0.147 e. The average Bonchev–Trinajstić information content (AvgIpc) is 2.13. The van der Waals surface area contributed by atoms with Gasteiger partial charge < -0.3 is 0 Å². The van der Waals surface area contributed by atoms with E-state index in [0.29, 0.717) is 0 Å². The van der Waals surface area contributed by atoms with E-state index in [1.165, 1.54) is 5.57 Å². The molecule has 0 aliphatic carbocycles. The molecule has 0 aromatic carbocycles. The van der Waals surface area contributed by atoms with Crippen molar-refractivity contribution in [1.29, 1.82) is 0 Å². The summed E-state index contributed by atoms with van der Waals surface area (Å²) in [5.41, 5.74) is 1.21. The fourth-order valence-electron chi connectivity index (χ4n) is 0.688. The quantitative estimate of drug-likeness (QED) is 0.586. The first kappa shape index (κ1) is 6.99. The number of aryl methyl sites for hydroxylation is 1. The van der Waals surface area contributed by atoms with Crippen LogP contribution in [0, 0.1) is 6.92 Å². The van der Waals surface area contributed by atoms with Crippen molar-refractivity contribution < 1.29 is 0 Å². The van der Waals surface area contributed by atoms with Gasteiger partial charge in [0.25, 0.3) is 0 Å². The Morgan fingerprint density at radius 2 is 2.30 bits per heavy atom. The molecule has 0 saturated heterocycles. The van der Waals surface area contributed by atoms with Gasteiger partial charge in [-0.2, -0.15) is 5.10 Å². The van der Waals surface area contributed by atoms with Crippen molar-refractivity contribution in [3.8, 4) is 0 Å². The summed E-state index contributed by atoms with van der Waals surface area (Å²) in [6.45, 7) is 5.92. The molecule has 10 heavy (non-hydrogen) atoms. The van der Waals surface area contributed by atoms with Gasteiger partial charge in [0.15, 0.2) is 0 Å². The summed E-state index contributed by atoms with van der Waals surface area (Å²) in [6.07, 6.45) is 3.63. The first-order valence-electron chi connectivity index (χ1n) is 3.21. The van der Waals surface area contributed by atoms with Gasteiger partial charge in [-0.25, -0.2) is 9.67 Å². The molecule has 3 nitrogen and oxygen atoms in total. The van der Waals surface area contributed by atoms with Gasteiger partial charge >= 0.3 is 0 Å². The lowest BCUT2D eigenvalue weighted by atomic mass is 10.4. The van der Waals surface area contributed by atoms with Crippen LogP contribution in [0.2, 0.25) is 0 Å². The summed E-state index contributed by atoms with van der Waals surface area (Å²) in [7, 11) is 0. The molecule has 3 heteroatoms. The van der Waals surface area contributed by atoms with Crippen molar-refractivity contribution in [2.24, 2.45) is 0 Å². The van der Waals surface area contributed by atoms with Crippen LogP contribution in [0.5, 0.6) is 0 Å². The molecule has 0 fully saturated rings. The Balaban J connectivity index is 2.86. The first-order chi connectivity index (χ1) is 4.68. The molecule has 0 amide bonds. The van der Waals surface area contributed by atoms with Crippen molar-refractivity contribution in [3.63, 3.8) is 0 Å². The Bertz CT molecular complexity index is 243. The molecular weight excluding hydrogens is 126 g/mol. The lowest BCUT2D eigenvalue weighted by molar-refractivity contribution is 0.905. The van der Waals surface area contributed by atoms with Gasteiger partial charge in [0.2, 0.25) is 0 Å². The van der Waals surface area contributed by atoms with Gasteiger partial charge in [0.05, 0.1) is 0 Å². The number of allylic oxidation sites excluding steroid dienone is 1. The number of aromatic nitrogens is 3. The van der Waals surface area contributed by atoms with Crippen LogP contribution in [0.25, 0.3) is 6.20 Å². The second-order valence-corrected chi connectivity index (χ2v) is 2.48. The van der Waals surface area contributed by atoms with Crippen LogP contribution >= 0.6 is 0 Å². The highest BCUT2D eigenvalue weighted by Gasteiger charge is 1.88. The molecule has 54 valence electrons. The third kappa shape index (κ3) is 1.69. The molecule has 0 N–H and O–H groups in total. The second kappa shape index (κ2) is 2.64. The molecule has 0 atom stereocenters. The highest BCUT2D eigenvalue weighted by molar-refractivity contribution is 5.24. The predicted octanol–water partition coefficient (Wildman–Crippen LogP) is 1.47. The largest absolute Gasteiger partial charge is 0.228 e. The summed E-state index contributed by atoms with van der Waals surface area (Å²) in [4.78, 5) is 3.98. The van der Waals surface area contributed by atoms with Gasteiger partial charge in [-0.05, 0) is 20.8 Å². The Kier molecular flexibility index (Phi) is 1.85. The summed E-state index contributed by atoms with van der Waals surface area (Å²) < 4.78 is 1.71. The van der Waals surface area contributed by atoms with Crippen LogP contribution in [0.4, 0.5) is 0 Å². The second-order valence-electron chi connectivity index (χ2n) is 2.48. The Morgan fingerprint density at radius 1 is 1.60 bits per heavy atom. The van der Waals surface area contributed by atoms with Gasteiger partial charge in [0, 0.05) is 6.20 Å². The van der Waals surface area contributed by atoms with Crippen molar-refractivity contribution in [1.82, 2.24) is 14.8 Å². The van der Waals surface area contributed by atoms with E-state index in [1.54, 1.807) is 11.0 Å². The minimum absolute atomic E-state index is 0.803. The van der Waals surface area contributed by atoms with Gasteiger partial charge in [0.1, 0.15) is 12.2 Å². The van der Waals surface area contributed by atoms with E-state index in [2.05, 4.69) is 10.1 Å². The van der Waals surface area contributed by atoms with Crippen molar-refractivity contribution in [2.75, 3.05) is 0 Å². The van der Waals surface area contributed by atoms with Gasteiger partial charge in [-0.3, -0.25) is 0 Å². The van der Waals surface area contributed by atoms with Crippen LogP contribution in [0.1, 0.15) is 19.7 Å². The molecule has 0 bridgehead atoms. The fourth-order valence-corrected chi connectivity index (χ4v) is 0.688. The molecule has 0 unspecified atom stereocenters. The number of rotatable bonds is 1. The smallest absolute Gasteiger partial charge is 0.147 e. The molecule has 0 aliphatic heterocycles. The normalized spacial score (nSPS) is 9.50. The molecule has 0 radical (unpaired) electrons. The molecule has 0 spiro atoms. The van der Waals surface area contributed by atoms with Crippen LogP contribution in [0.3, 0.4) is 0 Å². The Morgan fingerprint density at radius 3 is 2.70 bits per heavy atom. The Hall–Kier alpha value is -1.12. The first-order valence-corrected chi connectivity index (χ1v) is 3.21. The third-order valence-electron chi connectivity index (χ3n) is 1.01. The molecule has 0 aliphatic rings. The number of hydrogen-bond donors (Lipinski definition) is 0. The molecule has 1 rings (SSSR count). The van der Waals surface area contributed by atoms with Gasteiger partial charge in [-0.15, -0.1) is 0 Å². The van der Waals surface area contributed by atoms with Crippen LogP contribution in [-0.2, 0) is 0 Å². The van der Waals surface area contributed by atoms with E-state index in [9.17, 15) is 0 Å². The molecular formula is C7H11N3. The lowest BCUT2D eigenvalue weighted by Crippen LogP contribution is -1.87. The van der Waals surface area contributed by atoms with E-state index in [1.807, 2.05) is 27.0 Å². The van der Waals surface area contributed by atoms with Crippen LogP contribution in [0.15, 0.2) is 11.9 Å². The minimum atomic E-state index is 0.803. The number of hydrogen-bond acceptors (Lipinski definition) is 2. The molecule has 1 aromatic rings. The van der Waals surface area contributed by atoms with Crippen LogP contribution in [-0.4, -0.2) is 14.8 Å². The van der Waals surface area contributed by atoms with Crippen molar-refractivity contribution in [2.45, 2.75) is 20.8 Å². The molecule has 1 aromatic heterocycles. The lowest BCUT2D eigenvalue weighted by Gasteiger charge is -1.88. The zero-order valence-corrected chi connectivity index (χ0v) is 6.50. The topological polar surface area (TPSA) is 30.7 Å². The van der Waals surface area contributed by atoms with E-state index in [0.717, 1.165) is 5.82 Å². The van der Waals surface area contributed by atoms with E-state index < -0.39 is 0 Å². The van der Waals surface area contributed by atoms with Gasteiger partial charge in [-0.1, -0.05) is 5.57 Å². The van der Waals surface area contributed by atoms with E-state index in [4.69, 9.17) is 0 Å². The number of nitrogens with zero attached hydrogens (tertiary/aromatic N) is 3. The summed E-state index contributed by atoms with van der Waals surface area (Å²) in [5.74, 6) is 0.803. The highest BCUT2D eigenvalue weighted by Crippen LogP contribution is 1.93. The summed E-state index contributed by atoms with van der Waals surface area (Å²) >= 11 is 0. The molecule has 0 saturated carbocycles. The van der Waals surface area contributed by atoms with Crippen LogP contribution < -0.4 is 0 Å². The fraction of sp³-hybridized carbons (Fsp3) is 0.429. The zero-order valence-electron chi connectivity index (χ0n) is 6.50. The minimum Gasteiger partial charge on any atom is -0.228 e. The average molecular weight is 137 g/mol. The summed E-state index contributed by atoms with van der Waals surface area (Å²) in [5, 5.41) is 4.08. The zero-order chi connectivity index (χ0) is 7.56. The third-order valence-corrected chi connectivity index (χ3v) is 1.01. The molecule has 1 heterocycles. The maximum atomic E-state index is 4.08.